The average molecular weight is 366 g/mol. The molecule has 1 fully saturated rings. The molecule has 1 aliphatic heterocycles. The monoisotopic (exact) mass is 366 g/mol. The molecule has 1 amide bonds. The number of carbonyl (C=O) groups excluding carboxylic acids is 1. The molecular formula is C17H20F2N4O3. The van der Waals surface area contributed by atoms with Gasteiger partial charge < -0.3 is 15.2 Å². The molecule has 1 saturated heterocycles. The Bertz CT molecular complexity index is 775. The summed E-state index contributed by atoms with van der Waals surface area (Å²) >= 11 is 0. The number of carbonyl (C=O) groups is 1. The predicted molar refractivity (Wildman–Crippen MR) is 90.1 cm³/mol. The van der Waals surface area contributed by atoms with Gasteiger partial charge in [-0.2, -0.15) is 8.78 Å². The molecule has 0 saturated carbocycles. The van der Waals surface area contributed by atoms with E-state index in [1.807, 2.05) is 4.90 Å². The van der Waals surface area contributed by atoms with Crippen LogP contribution in [0, 0.1) is 0 Å². The number of hydrogen-bond acceptors (Lipinski definition) is 6. The van der Waals surface area contributed by atoms with Crippen molar-refractivity contribution in [3.63, 3.8) is 0 Å². The molecule has 2 aromatic rings. The van der Waals surface area contributed by atoms with E-state index < -0.39 is 6.61 Å². The van der Waals surface area contributed by atoms with E-state index in [1.54, 1.807) is 6.07 Å². The first kappa shape index (κ1) is 18.2. The number of fused-ring (bicyclic) bond motifs is 1. The number of amides is 1. The second-order valence-electron chi connectivity index (χ2n) is 6.04. The predicted octanol–water partition coefficient (Wildman–Crippen LogP) is 1.95. The Morgan fingerprint density at radius 2 is 2.19 bits per heavy atom. The molecule has 1 aliphatic rings. The Hall–Kier alpha value is -2.55. The number of primary amides is 1. The minimum absolute atomic E-state index is 0.0107. The SMILES string of the molecule is NC(=O)C1CCCCN1CCOc1cnc2ccc(OC(F)F)cc2n1. The molecule has 0 spiro atoms. The van der Waals surface area contributed by atoms with Gasteiger partial charge in [0.25, 0.3) is 0 Å². The molecule has 140 valence electrons. The van der Waals surface area contributed by atoms with E-state index in [0.717, 1.165) is 25.8 Å². The zero-order valence-electron chi connectivity index (χ0n) is 14.1. The van der Waals surface area contributed by atoms with Crippen molar-refractivity contribution in [1.29, 1.82) is 0 Å². The fourth-order valence-corrected chi connectivity index (χ4v) is 3.07. The number of alkyl halides is 2. The molecular weight excluding hydrogens is 346 g/mol. The lowest BCUT2D eigenvalue weighted by molar-refractivity contribution is -0.124. The third kappa shape index (κ3) is 4.54. The van der Waals surface area contributed by atoms with Crippen LogP contribution in [-0.4, -0.2) is 53.1 Å². The summed E-state index contributed by atoms with van der Waals surface area (Å²) in [6.45, 7) is -1.24. The van der Waals surface area contributed by atoms with Crippen LogP contribution in [0.5, 0.6) is 11.6 Å². The fourth-order valence-electron chi connectivity index (χ4n) is 3.07. The number of hydrogen-bond donors (Lipinski definition) is 1. The summed E-state index contributed by atoms with van der Waals surface area (Å²) < 4.78 is 34.6. The highest BCUT2D eigenvalue weighted by molar-refractivity contribution is 5.80. The first-order valence-electron chi connectivity index (χ1n) is 8.41. The van der Waals surface area contributed by atoms with E-state index in [2.05, 4.69) is 14.7 Å². The molecule has 3 rings (SSSR count). The normalized spacial score (nSPS) is 18.2. The molecule has 0 radical (unpaired) electrons. The van der Waals surface area contributed by atoms with E-state index in [9.17, 15) is 13.6 Å². The second kappa shape index (κ2) is 8.22. The summed E-state index contributed by atoms with van der Waals surface area (Å²) in [5.74, 6) is -0.0299. The molecule has 1 aromatic heterocycles. The maximum Gasteiger partial charge on any atom is 0.387 e. The van der Waals surface area contributed by atoms with Gasteiger partial charge in [0.2, 0.25) is 11.8 Å². The molecule has 2 N–H and O–H groups in total. The van der Waals surface area contributed by atoms with Crippen LogP contribution < -0.4 is 15.2 Å². The van der Waals surface area contributed by atoms with E-state index >= 15 is 0 Å². The van der Waals surface area contributed by atoms with Crippen LogP contribution in [0.4, 0.5) is 8.78 Å². The van der Waals surface area contributed by atoms with Crippen LogP contribution in [0.2, 0.25) is 0 Å². The number of halogens is 2. The molecule has 1 unspecified atom stereocenters. The maximum absolute atomic E-state index is 12.3. The highest BCUT2D eigenvalue weighted by atomic mass is 19.3. The van der Waals surface area contributed by atoms with Gasteiger partial charge in [0, 0.05) is 12.6 Å². The number of nitrogens with zero attached hydrogens (tertiary/aromatic N) is 3. The Morgan fingerprint density at radius 3 is 2.96 bits per heavy atom. The fraction of sp³-hybridized carbons (Fsp3) is 0.471. The van der Waals surface area contributed by atoms with E-state index in [-0.39, 0.29) is 23.6 Å². The lowest BCUT2D eigenvalue weighted by Crippen LogP contribution is -2.48. The molecule has 1 atom stereocenters. The van der Waals surface area contributed by atoms with Crippen LogP contribution in [0.15, 0.2) is 24.4 Å². The molecule has 26 heavy (non-hydrogen) atoms. The van der Waals surface area contributed by atoms with Crippen molar-refractivity contribution in [2.24, 2.45) is 5.73 Å². The largest absolute Gasteiger partial charge is 0.475 e. The maximum atomic E-state index is 12.3. The van der Waals surface area contributed by atoms with Gasteiger partial charge in [-0.25, -0.2) is 9.97 Å². The van der Waals surface area contributed by atoms with Crippen molar-refractivity contribution in [3.05, 3.63) is 24.4 Å². The average Bonchev–Trinajstić information content (AvgIpc) is 2.61. The lowest BCUT2D eigenvalue weighted by atomic mass is 10.0. The van der Waals surface area contributed by atoms with Gasteiger partial charge in [-0.3, -0.25) is 9.69 Å². The topological polar surface area (TPSA) is 90.6 Å². The standard InChI is InChI=1S/C17H20F2N4O3/c18-17(19)26-11-4-5-12-13(9-11)22-15(10-21-12)25-8-7-23-6-2-1-3-14(23)16(20)24/h4-5,9-10,14,17H,1-3,6-8H2,(H2,20,24). The smallest absolute Gasteiger partial charge is 0.387 e. The van der Waals surface area contributed by atoms with Gasteiger partial charge in [0.05, 0.1) is 23.3 Å². The molecule has 0 bridgehead atoms. The summed E-state index contributed by atoms with van der Waals surface area (Å²) in [4.78, 5) is 22.0. The first-order valence-corrected chi connectivity index (χ1v) is 8.41. The second-order valence-corrected chi connectivity index (χ2v) is 6.04. The minimum atomic E-state index is -2.90. The van der Waals surface area contributed by atoms with Crippen LogP contribution >= 0.6 is 0 Å². The number of nitrogens with two attached hydrogens (primary N) is 1. The Balaban J connectivity index is 1.62. The van der Waals surface area contributed by atoms with Crippen molar-refractivity contribution in [2.75, 3.05) is 19.7 Å². The van der Waals surface area contributed by atoms with Gasteiger partial charge >= 0.3 is 6.61 Å². The third-order valence-corrected chi connectivity index (χ3v) is 4.29. The molecule has 9 heteroatoms. The molecule has 2 heterocycles. The Kier molecular flexibility index (Phi) is 5.77. The summed E-state index contributed by atoms with van der Waals surface area (Å²) in [5.41, 5.74) is 6.38. The summed E-state index contributed by atoms with van der Waals surface area (Å²) in [5, 5.41) is 0. The van der Waals surface area contributed by atoms with Gasteiger partial charge in [-0.15, -0.1) is 0 Å². The van der Waals surface area contributed by atoms with Gasteiger partial charge in [0.15, 0.2) is 0 Å². The molecule has 0 aliphatic carbocycles. The Labute approximate surface area is 149 Å². The van der Waals surface area contributed by atoms with E-state index in [4.69, 9.17) is 10.5 Å². The zero-order valence-corrected chi connectivity index (χ0v) is 14.1. The summed E-state index contributed by atoms with van der Waals surface area (Å²) in [6.07, 6.45) is 4.24. The van der Waals surface area contributed by atoms with Crippen molar-refractivity contribution in [1.82, 2.24) is 14.9 Å². The Morgan fingerprint density at radius 1 is 1.35 bits per heavy atom. The van der Waals surface area contributed by atoms with E-state index in [1.165, 1.54) is 18.3 Å². The minimum Gasteiger partial charge on any atom is -0.475 e. The van der Waals surface area contributed by atoms with E-state index in [0.29, 0.717) is 24.2 Å². The quantitative estimate of drug-likeness (QED) is 0.805. The highest BCUT2D eigenvalue weighted by Gasteiger charge is 2.26. The van der Waals surface area contributed by atoms with Gasteiger partial charge in [-0.1, -0.05) is 6.42 Å². The number of benzene rings is 1. The molecule has 7 nitrogen and oxygen atoms in total. The zero-order chi connectivity index (χ0) is 18.5. The number of aromatic nitrogens is 2. The number of piperidine rings is 1. The van der Waals surface area contributed by atoms with Crippen molar-refractivity contribution >= 4 is 16.9 Å². The van der Waals surface area contributed by atoms with Crippen molar-refractivity contribution < 1.29 is 23.0 Å². The van der Waals surface area contributed by atoms with Crippen LogP contribution in [-0.2, 0) is 4.79 Å². The number of ether oxygens (including phenoxy) is 2. The van der Waals surface area contributed by atoms with Crippen LogP contribution in [0.3, 0.4) is 0 Å². The van der Waals surface area contributed by atoms with Crippen molar-refractivity contribution in [2.45, 2.75) is 31.9 Å². The molecule has 1 aromatic carbocycles. The third-order valence-electron chi connectivity index (χ3n) is 4.29. The number of rotatable bonds is 7. The van der Waals surface area contributed by atoms with Gasteiger partial charge in [-0.05, 0) is 31.5 Å². The summed E-state index contributed by atoms with van der Waals surface area (Å²) in [6, 6.07) is 4.08. The first-order chi connectivity index (χ1) is 12.5. The summed E-state index contributed by atoms with van der Waals surface area (Å²) in [7, 11) is 0. The lowest BCUT2D eigenvalue weighted by Gasteiger charge is -2.33. The van der Waals surface area contributed by atoms with Crippen LogP contribution in [0.25, 0.3) is 11.0 Å². The number of likely N-dealkylation sites (tertiary alicyclic amines) is 1. The highest BCUT2D eigenvalue weighted by Crippen LogP contribution is 2.21. The van der Waals surface area contributed by atoms with Crippen molar-refractivity contribution in [3.8, 4) is 11.6 Å². The van der Waals surface area contributed by atoms with Crippen LogP contribution in [0.1, 0.15) is 19.3 Å². The van der Waals surface area contributed by atoms with Gasteiger partial charge in [0.1, 0.15) is 12.4 Å².